The van der Waals surface area contributed by atoms with E-state index in [1.807, 2.05) is 12.1 Å². The maximum atomic E-state index is 11.0. The molecule has 1 heterocycles. The molecule has 0 aliphatic carbocycles. The van der Waals surface area contributed by atoms with Gasteiger partial charge < -0.3 is 10.5 Å². The first-order valence-corrected chi connectivity index (χ1v) is 4.87. The van der Waals surface area contributed by atoms with Crippen molar-refractivity contribution in [2.24, 2.45) is 5.73 Å². The molecule has 2 N–H and O–H groups in total. The minimum atomic E-state index is -0.470. The van der Waals surface area contributed by atoms with E-state index >= 15 is 0 Å². The zero-order valence-electron chi connectivity index (χ0n) is 9.09. The highest BCUT2D eigenvalue weighted by Gasteiger charge is 1.93. The second-order valence-corrected chi connectivity index (χ2v) is 3.26. The van der Waals surface area contributed by atoms with Crippen molar-refractivity contribution in [2.45, 2.75) is 13.3 Å². The van der Waals surface area contributed by atoms with Gasteiger partial charge in [0, 0.05) is 24.2 Å². The SMILES string of the molecule is C/C(N)=C/C(=O)O/C=C/Cc1cccnc1. The van der Waals surface area contributed by atoms with Gasteiger partial charge >= 0.3 is 5.97 Å². The summed E-state index contributed by atoms with van der Waals surface area (Å²) in [5.41, 5.74) is 6.79. The average molecular weight is 218 g/mol. The summed E-state index contributed by atoms with van der Waals surface area (Å²) >= 11 is 0. The molecule has 4 heteroatoms. The van der Waals surface area contributed by atoms with Crippen LogP contribution >= 0.6 is 0 Å². The highest BCUT2D eigenvalue weighted by molar-refractivity contribution is 5.82. The number of aromatic nitrogens is 1. The van der Waals surface area contributed by atoms with Gasteiger partial charge in [0.1, 0.15) is 0 Å². The third-order valence-corrected chi connectivity index (χ3v) is 1.70. The molecule has 0 amide bonds. The van der Waals surface area contributed by atoms with Gasteiger partial charge in [-0.25, -0.2) is 4.79 Å². The van der Waals surface area contributed by atoms with Crippen molar-refractivity contribution in [3.63, 3.8) is 0 Å². The number of carbonyl (C=O) groups is 1. The van der Waals surface area contributed by atoms with Crippen molar-refractivity contribution < 1.29 is 9.53 Å². The van der Waals surface area contributed by atoms with E-state index in [-0.39, 0.29) is 0 Å². The maximum absolute atomic E-state index is 11.0. The fraction of sp³-hybridized carbons (Fsp3) is 0.167. The lowest BCUT2D eigenvalue weighted by Crippen LogP contribution is -2.00. The van der Waals surface area contributed by atoms with E-state index in [1.54, 1.807) is 25.4 Å². The summed E-state index contributed by atoms with van der Waals surface area (Å²) in [6, 6.07) is 3.80. The normalized spacial score (nSPS) is 11.7. The van der Waals surface area contributed by atoms with Crippen LogP contribution in [-0.2, 0) is 16.0 Å². The van der Waals surface area contributed by atoms with Crippen LogP contribution in [0.3, 0.4) is 0 Å². The molecule has 0 fully saturated rings. The first kappa shape index (κ1) is 12.0. The first-order chi connectivity index (χ1) is 7.68. The highest BCUT2D eigenvalue weighted by Crippen LogP contribution is 1.98. The number of ether oxygens (including phenoxy) is 1. The lowest BCUT2D eigenvalue weighted by Gasteiger charge is -1.95. The Kier molecular flexibility index (Phi) is 4.79. The summed E-state index contributed by atoms with van der Waals surface area (Å²) in [4.78, 5) is 15.0. The lowest BCUT2D eigenvalue weighted by molar-refractivity contribution is -0.132. The number of nitrogens with two attached hydrogens (primary N) is 1. The molecular weight excluding hydrogens is 204 g/mol. The number of esters is 1. The summed E-state index contributed by atoms with van der Waals surface area (Å²) in [7, 11) is 0. The van der Waals surface area contributed by atoms with Gasteiger partial charge in [-0.15, -0.1) is 0 Å². The van der Waals surface area contributed by atoms with Crippen LogP contribution in [0.15, 0.2) is 48.6 Å². The molecule has 0 saturated heterocycles. The van der Waals surface area contributed by atoms with Gasteiger partial charge in [0.25, 0.3) is 0 Å². The number of pyridine rings is 1. The molecule has 0 saturated carbocycles. The van der Waals surface area contributed by atoms with Gasteiger partial charge in [0.15, 0.2) is 0 Å². The molecule has 84 valence electrons. The Labute approximate surface area is 94.4 Å². The van der Waals surface area contributed by atoms with Crippen LogP contribution in [0, 0.1) is 0 Å². The lowest BCUT2D eigenvalue weighted by atomic mass is 10.2. The van der Waals surface area contributed by atoms with E-state index in [2.05, 4.69) is 4.98 Å². The molecule has 0 unspecified atom stereocenters. The Morgan fingerprint density at radius 2 is 2.44 bits per heavy atom. The number of rotatable bonds is 4. The van der Waals surface area contributed by atoms with Gasteiger partial charge in [0.2, 0.25) is 0 Å². The molecule has 1 aromatic rings. The monoisotopic (exact) mass is 218 g/mol. The van der Waals surface area contributed by atoms with Crippen molar-refractivity contribution in [1.29, 1.82) is 0 Å². The molecule has 0 aromatic carbocycles. The summed E-state index contributed by atoms with van der Waals surface area (Å²) in [6.45, 7) is 1.63. The van der Waals surface area contributed by atoms with Crippen molar-refractivity contribution >= 4 is 5.97 Å². The van der Waals surface area contributed by atoms with Gasteiger partial charge in [-0.05, 0) is 31.1 Å². The zero-order chi connectivity index (χ0) is 11.8. The Morgan fingerprint density at radius 1 is 1.62 bits per heavy atom. The fourth-order valence-corrected chi connectivity index (χ4v) is 1.04. The number of hydrogen-bond acceptors (Lipinski definition) is 4. The van der Waals surface area contributed by atoms with Crippen molar-refractivity contribution in [3.8, 4) is 0 Å². The second-order valence-electron chi connectivity index (χ2n) is 3.26. The third kappa shape index (κ3) is 4.95. The van der Waals surface area contributed by atoms with Gasteiger partial charge in [-0.3, -0.25) is 4.98 Å². The molecule has 16 heavy (non-hydrogen) atoms. The standard InChI is InChI=1S/C12H14N2O2/c1-10(13)8-12(15)16-7-3-5-11-4-2-6-14-9-11/h2-4,6-9H,5,13H2,1H3/b7-3+,10-8-. The van der Waals surface area contributed by atoms with Gasteiger partial charge in [-0.1, -0.05) is 6.07 Å². The number of allylic oxidation sites excluding steroid dienone is 2. The molecular formula is C12H14N2O2. The van der Waals surface area contributed by atoms with E-state index in [0.717, 1.165) is 5.56 Å². The zero-order valence-corrected chi connectivity index (χ0v) is 9.09. The molecule has 0 spiro atoms. The Morgan fingerprint density at radius 3 is 3.06 bits per heavy atom. The van der Waals surface area contributed by atoms with Crippen LogP contribution in [0.2, 0.25) is 0 Å². The molecule has 0 aliphatic rings. The predicted molar refractivity (Wildman–Crippen MR) is 61.1 cm³/mol. The second kappa shape index (κ2) is 6.40. The number of carbonyl (C=O) groups excluding carboxylic acids is 1. The summed E-state index contributed by atoms with van der Waals surface area (Å²) in [6.07, 6.45) is 8.47. The Hall–Kier alpha value is -2.10. The minimum absolute atomic E-state index is 0.422. The summed E-state index contributed by atoms with van der Waals surface area (Å²) < 4.78 is 4.78. The third-order valence-electron chi connectivity index (χ3n) is 1.70. The molecule has 0 aliphatic heterocycles. The van der Waals surface area contributed by atoms with Crippen LogP contribution in [0.25, 0.3) is 0 Å². The van der Waals surface area contributed by atoms with Crippen molar-refractivity contribution in [3.05, 3.63) is 54.2 Å². The molecule has 1 aromatic heterocycles. The summed E-state index contributed by atoms with van der Waals surface area (Å²) in [5.74, 6) is -0.470. The van der Waals surface area contributed by atoms with Crippen LogP contribution in [-0.4, -0.2) is 11.0 Å². The number of nitrogens with zero attached hydrogens (tertiary/aromatic N) is 1. The predicted octanol–water partition coefficient (Wildman–Crippen LogP) is 1.54. The quantitative estimate of drug-likeness (QED) is 0.473. The topological polar surface area (TPSA) is 65.2 Å². The van der Waals surface area contributed by atoms with E-state index < -0.39 is 5.97 Å². The fourth-order valence-electron chi connectivity index (χ4n) is 1.04. The largest absolute Gasteiger partial charge is 0.432 e. The first-order valence-electron chi connectivity index (χ1n) is 4.87. The van der Waals surface area contributed by atoms with Crippen LogP contribution in [0.4, 0.5) is 0 Å². The van der Waals surface area contributed by atoms with E-state index in [1.165, 1.54) is 12.3 Å². The van der Waals surface area contributed by atoms with E-state index in [0.29, 0.717) is 12.1 Å². The van der Waals surface area contributed by atoms with Crippen LogP contribution in [0.1, 0.15) is 12.5 Å². The summed E-state index contributed by atoms with van der Waals surface area (Å²) in [5, 5.41) is 0. The van der Waals surface area contributed by atoms with Crippen LogP contribution in [0.5, 0.6) is 0 Å². The van der Waals surface area contributed by atoms with Gasteiger partial charge in [0.05, 0.1) is 6.26 Å². The minimum Gasteiger partial charge on any atom is -0.432 e. The molecule has 0 atom stereocenters. The van der Waals surface area contributed by atoms with Crippen molar-refractivity contribution in [1.82, 2.24) is 4.98 Å². The highest BCUT2D eigenvalue weighted by atomic mass is 16.5. The number of hydrogen-bond donors (Lipinski definition) is 1. The van der Waals surface area contributed by atoms with E-state index in [4.69, 9.17) is 10.5 Å². The average Bonchev–Trinajstić information content (AvgIpc) is 2.25. The Balaban J connectivity index is 2.34. The van der Waals surface area contributed by atoms with E-state index in [9.17, 15) is 4.79 Å². The Bertz CT molecular complexity index is 393. The van der Waals surface area contributed by atoms with Gasteiger partial charge in [-0.2, -0.15) is 0 Å². The van der Waals surface area contributed by atoms with Crippen molar-refractivity contribution in [2.75, 3.05) is 0 Å². The molecule has 0 radical (unpaired) electrons. The molecule has 1 rings (SSSR count). The smallest absolute Gasteiger partial charge is 0.337 e. The molecule has 0 bridgehead atoms. The van der Waals surface area contributed by atoms with Crippen LogP contribution < -0.4 is 5.73 Å². The molecule has 4 nitrogen and oxygen atoms in total. The maximum Gasteiger partial charge on any atom is 0.337 e.